The van der Waals surface area contributed by atoms with Crippen molar-refractivity contribution in [2.75, 3.05) is 7.11 Å². The number of alkyl halides is 3. The van der Waals surface area contributed by atoms with Crippen LogP contribution in [0.15, 0.2) is 65.8 Å². The normalized spacial score (nSPS) is 11.7. The SMILES string of the molecule is COc1ncc(F)c(COc2cccc3c(-c4ccnn4C)cc(C)nc23)c1Cn1cccc(C(F)(F)F)c1=O. The molecule has 12 heteroatoms. The van der Waals surface area contributed by atoms with E-state index in [0.29, 0.717) is 17.3 Å². The minimum absolute atomic E-state index is 0.0207. The molecule has 1 aromatic carbocycles. The summed E-state index contributed by atoms with van der Waals surface area (Å²) in [6.07, 6.45) is -1.04. The number of fused-ring (bicyclic) bond motifs is 1. The van der Waals surface area contributed by atoms with Crippen LogP contribution in [0.2, 0.25) is 0 Å². The van der Waals surface area contributed by atoms with Gasteiger partial charge in [-0.3, -0.25) is 9.48 Å². The Labute approximate surface area is 225 Å². The van der Waals surface area contributed by atoms with E-state index < -0.39 is 29.7 Å². The summed E-state index contributed by atoms with van der Waals surface area (Å²) in [5.74, 6) is -0.451. The Balaban J connectivity index is 1.55. The third-order valence-corrected chi connectivity index (χ3v) is 6.45. The van der Waals surface area contributed by atoms with Crippen LogP contribution in [-0.2, 0) is 26.4 Å². The first-order chi connectivity index (χ1) is 19.1. The molecule has 0 radical (unpaired) electrons. The van der Waals surface area contributed by atoms with Crippen molar-refractivity contribution in [3.63, 3.8) is 0 Å². The number of para-hydroxylation sites is 1. The summed E-state index contributed by atoms with van der Waals surface area (Å²) in [5, 5.41) is 5.03. The Hall–Kier alpha value is -4.74. The molecule has 0 aliphatic heterocycles. The lowest BCUT2D eigenvalue weighted by Crippen LogP contribution is -2.29. The van der Waals surface area contributed by atoms with Crippen LogP contribution in [0.25, 0.3) is 22.2 Å². The lowest BCUT2D eigenvalue weighted by atomic mass is 10.0. The molecule has 0 unspecified atom stereocenters. The molecule has 0 aliphatic rings. The van der Waals surface area contributed by atoms with Crippen molar-refractivity contribution in [3.05, 3.63) is 99.6 Å². The van der Waals surface area contributed by atoms with Gasteiger partial charge in [0.05, 0.1) is 25.5 Å². The van der Waals surface area contributed by atoms with Gasteiger partial charge in [0.1, 0.15) is 29.3 Å². The molecule has 5 rings (SSSR count). The summed E-state index contributed by atoms with van der Waals surface area (Å²) in [4.78, 5) is 21.1. The van der Waals surface area contributed by atoms with E-state index in [9.17, 15) is 18.0 Å². The Morgan fingerprint density at radius 3 is 2.58 bits per heavy atom. The molecule has 0 amide bonds. The van der Waals surface area contributed by atoms with Crippen molar-refractivity contribution < 1.29 is 27.0 Å². The maximum atomic E-state index is 15.1. The van der Waals surface area contributed by atoms with Gasteiger partial charge in [-0.1, -0.05) is 12.1 Å². The zero-order chi connectivity index (χ0) is 28.6. The van der Waals surface area contributed by atoms with Gasteiger partial charge in [0.15, 0.2) is 0 Å². The highest BCUT2D eigenvalue weighted by molar-refractivity contribution is 5.97. The van der Waals surface area contributed by atoms with Crippen LogP contribution in [0.5, 0.6) is 11.6 Å². The quantitative estimate of drug-likeness (QED) is 0.255. The minimum Gasteiger partial charge on any atom is -0.486 e. The van der Waals surface area contributed by atoms with Crippen LogP contribution in [0.1, 0.15) is 22.4 Å². The molecule has 5 aromatic rings. The molecule has 4 heterocycles. The predicted octanol–water partition coefficient (Wildman–Crippen LogP) is 5.29. The van der Waals surface area contributed by atoms with Gasteiger partial charge in [0, 0.05) is 47.2 Å². The van der Waals surface area contributed by atoms with Gasteiger partial charge in [0.25, 0.3) is 5.56 Å². The number of methoxy groups -OCH3 is 1. The van der Waals surface area contributed by atoms with E-state index in [1.54, 1.807) is 23.0 Å². The number of rotatable bonds is 7. The van der Waals surface area contributed by atoms with Crippen LogP contribution in [0, 0.1) is 12.7 Å². The van der Waals surface area contributed by atoms with Crippen LogP contribution in [-0.4, -0.2) is 31.4 Å². The van der Waals surface area contributed by atoms with Gasteiger partial charge in [-0.15, -0.1) is 0 Å². The maximum Gasteiger partial charge on any atom is 0.421 e. The Morgan fingerprint density at radius 1 is 1.07 bits per heavy atom. The Bertz CT molecular complexity index is 1780. The van der Waals surface area contributed by atoms with Crippen molar-refractivity contribution in [2.24, 2.45) is 7.05 Å². The summed E-state index contributed by atoms with van der Waals surface area (Å²) < 4.78 is 69.0. The van der Waals surface area contributed by atoms with Gasteiger partial charge < -0.3 is 14.0 Å². The van der Waals surface area contributed by atoms with Crippen LogP contribution in [0.4, 0.5) is 17.6 Å². The largest absolute Gasteiger partial charge is 0.486 e. The van der Waals surface area contributed by atoms with Gasteiger partial charge in [-0.2, -0.15) is 18.3 Å². The standard InChI is InChI=1S/C28H23F4N5O3/c1-16-12-18(23-9-10-34-36(23)2)17-6-4-8-24(25(17)35-16)40-15-20-19(26(39-3)33-13-22(20)29)14-37-11-5-7-21(27(37)38)28(30,31)32/h4-13H,14-15H2,1-3H3. The van der Waals surface area contributed by atoms with E-state index >= 15 is 4.39 Å². The fourth-order valence-electron chi connectivity index (χ4n) is 4.55. The molecule has 0 bridgehead atoms. The second-order valence-electron chi connectivity index (χ2n) is 9.02. The van der Waals surface area contributed by atoms with Crippen molar-refractivity contribution in [1.29, 1.82) is 0 Å². The third-order valence-electron chi connectivity index (χ3n) is 6.45. The first-order valence-electron chi connectivity index (χ1n) is 12.1. The number of aryl methyl sites for hydroxylation is 2. The molecule has 0 atom stereocenters. The summed E-state index contributed by atoms with van der Waals surface area (Å²) in [6.45, 7) is 1.09. The van der Waals surface area contributed by atoms with Crippen molar-refractivity contribution in [3.8, 4) is 22.9 Å². The highest BCUT2D eigenvalue weighted by atomic mass is 19.4. The van der Waals surface area contributed by atoms with Crippen molar-refractivity contribution in [2.45, 2.75) is 26.3 Å². The van der Waals surface area contributed by atoms with E-state index in [0.717, 1.165) is 39.2 Å². The zero-order valence-corrected chi connectivity index (χ0v) is 21.7. The maximum absolute atomic E-state index is 15.1. The molecule has 8 nitrogen and oxygen atoms in total. The van der Waals surface area contributed by atoms with E-state index in [1.807, 2.05) is 32.2 Å². The topological polar surface area (TPSA) is 84.1 Å². The molecular formula is C28H23F4N5O3. The Morgan fingerprint density at radius 2 is 1.88 bits per heavy atom. The summed E-state index contributed by atoms with van der Waals surface area (Å²) in [6, 6.07) is 11.0. The van der Waals surface area contributed by atoms with Gasteiger partial charge in [-0.05, 0) is 37.3 Å². The zero-order valence-electron chi connectivity index (χ0n) is 21.7. The van der Waals surface area contributed by atoms with Crippen LogP contribution in [0.3, 0.4) is 0 Å². The molecule has 206 valence electrons. The molecule has 40 heavy (non-hydrogen) atoms. The molecule has 0 saturated heterocycles. The second kappa shape index (κ2) is 10.4. The Kier molecular flexibility index (Phi) is 7.01. The predicted molar refractivity (Wildman–Crippen MR) is 139 cm³/mol. The number of nitrogens with zero attached hydrogens (tertiary/aromatic N) is 5. The van der Waals surface area contributed by atoms with Crippen molar-refractivity contribution in [1.82, 2.24) is 24.3 Å². The lowest BCUT2D eigenvalue weighted by molar-refractivity contribution is -0.138. The number of halogens is 4. The summed E-state index contributed by atoms with van der Waals surface area (Å²) >= 11 is 0. The number of hydrogen-bond donors (Lipinski definition) is 0. The molecule has 0 aliphatic carbocycles. The second-order valence-corrected chi connectivity index (χ2v) is 9.02. The molecular weight excluding hydrogens is 530 g/mol. The molecule has 0 fully saturated rings. The fourth-order valence-corrected chi connectivity index (χ4v) is 4.55. The molecule has 0 N–H and O–H groups in total. The van der Waals surface area contributed by atoms with Gasteiger partial charge in [0.2, 0.25) is 5.88 Å². The average molecular weight is 554 g/mol. The van der Waals surface area contributed by atoms with E-state index in [4.69, 9.17) is 9.47 Å². The first kappa shape index (κ1) is 26.9. The van der Waals surface area contributed by atoms with E-state index in [-0.39, 0.29) is 23.6 Å². The number of ether oxygens (including phenoxy) is 2. The number of pyridine rings is 3. The van der Waals surface area contributed by atoms with Gasteiger partial charge in [-0.25, -0.2) is 14.4 Å². The average Bonchev–Trinajstić information content (AvgIpc) is 3.34. The lowest BCUT2D eigenvalue weighted by Gasteiger charge is -2.17. The first-order valence-corrected chi connectivity index (χ1v) is 12.1. The fraction of sp³-hybridized carbons (Fsp3) is 0.214. The highest BCUT2D eigenvalue weighted by Gasteiger charge is 2.34. The molecule has 0 spiro atoms. The highest BCUT2D eigenvalue weighted by Crippen LogP contribution is 2.34. The van der Waals surface area contributed by atoms with Crippen LogP contribution >= 0.6 is 0 Å². The van der Waals surface area contributed by atoms with E-state index in [2.05, 4.69) is 15.1 Å². The van der Waals surface area contributed by atoms with Crippen molar-refractivity contribution >= 4 is 10.9 Å². The van der Waals surface area contributed by atoms with E-state index in [1.165, 1.54) is 13.3 Å². The summed E-state index contributed by atoms with van der Waals surface area (Å²) in [7, 11) is 3.12. The number of benzene rings is 1. The number of aromatic nitrogens is 5. The minimum atomic E-state index is -4.84. The number of hydrogen-bond acceptors (Lipinski definition) is 6. The van der Waals surface area contributed by atoms with Gasteiger partial charge >= 0.3 is 6.18 Å². The smallest absolute Gasteiger partial charge is 0.421 e. The molecule has 4 aromatic heterocycles. The van der Waals surface area contributed by atoms with Crippen LogP contribution < -0.4 is 15.0 Å². The monoisotopic (exact) mass is 553 g/mol. The summed E-state index contributed by atoms with van der Waals surface area (Å²) in [5.41, 5.74) is 0.455. The third kappa shape index (κ3) is 4.99. The molecule has 0 saturated carbocycles.